The number of aromatic hydroxyl groups is 1. The van der Waals surface area contributed by atoms with Crippen molar-refractivity contribution in [3.8, 4) is 5.75 Å². The van der Waals surface area contributed by atoms with Gasteiger partial charge in [0.15, 0.2) is 0 Å². The lowest BCUT2D eigenvalue weighted by Gasteiger charge is -2.43. The third-order valence-electron chi connectivity index (χ3n) is 12.2. The van der Waals surface area contributed by atoms with Crippen LogP contribution in [0.5, 0.6) is 5.75 Å². The largest absolute Gasteiger partial charge is 0.508 e. The van der Waals surface area contributed by atoms with Gasteiger partial charge in [0, 0.05) is 67.7 Å². The van der Waals surface area contributed by atoms with E-state index >= 15 is 0 Å². The highest BCUT2D eigenvalue weighted by atomic mass is 16.4. The fourth-order valence-electron chi connectivity index (χ4n) is 8.43. The number of fused-ring (bicyclic) bond motifs is 3. The molecule has 0 bridgehead atoms. The highest BCUT2D eigenvalue weighted by Gasteiger charge is 2.45. The van der Waals surface area contributed by atoms with Crippen LogP contribution >= 0.6 is 0 Å². The van der Waals surface area contributed by atoms with Gasteiger partial charge in [0.25, 0.3) is 17.7 Å². The molecule has 22 nitrogen and oxygen atoms in total. The van der Waals surface area contributed by atoms with Crippen LogP contribution in [0.2, 0.25) is 0 Å². The third-order valence-corrected chi connectivity index (χ3v) is 12.2. The number of phenolic OH excluding ortho intramolecular Hbond substituents is 1. The number of benzene rings is 2. The van der Waals surface area contributed by atoms with Crippen LogP contribution in [0.4, 0.5) is 5.69 Å². The van der Waals surface area contributed by atoms with Crippen molar-refractivity contribution in [3.05, 3.63) is 80.5 Å². The summed E-state index contributed by atoms with van der Waals surface area (Å²) in [5, 5.41) is 35.1. The number of carbonyl (C=O) groups excluding carboxylic acids is 7. The fourth-order valence-corrected chi connectivity index (χ4v) is 8.43. The van der Waals surface area contributed by atoms with Crippen molar-refractivity contribution in [3.63, 3.8) is 0 Å². The summed E-state index contributed by atoms with van der Waals surface area (Å²) < 4.78 is 10.6. The Labute approximate surface area is 401 Å². The smallest absolute Gasteiger partial charge is 0.349 e. The Morgan fingerprint density at radius 1 is 0.757 bits per heavy atom. The van der Waals surface area contributed by atoms with Gasteiger partial charge in [-0.3, -0.25) is 43.4 Å². The van der Waals surface area contributed by atoms with Crippen molar-refractivity contribution in [1.82, 2.24) is 36.6 Å². The van der Waals surface area contributed by atoms with Gasteiger partial charge in [-0.2, -0.15) is 0 Å². The maximum absolute atomic E-state index is 14.0. The highest BCUT2D eigenvalue weighted by molar-refractivity contribution is 6.02. The zero-order valence-electron chi connectivity index (χ0n) is 39.0. The molecule has 374 valence electrons. The average molecular weight is 971 g/mol. The molecule has 4 heterocycles. The molecule has 0 spiro atoms. The molecular formula is C48H58N8O14. The van der Waals surface area contributed by atoms with Crippen LogP contribution in [0.3, 0.4) is 0 Å². The summed E-state index contributed by atoms with van der Waals surface area (Å²) in [6, 6.07) is 7.85. The van der Waals surface area contributed by atoms with E-state index in [0.29, 0.717) is 48.6 Å². The Morgan fingerprint density at radius 3 is 2.03 bits per heavy atom. The standard InChI is InChI=1S/C48H58N8O14/c1-3-54(4-2)30-15-13-28-22-32(47(67)69-37(28)24-30)42(62)51-27-39(58)49-19-9-7-5-6-8-10-20-50-44(64)35(26-41(60)61)53-45(65)36-12-11-21-55-40(59)18-17-34(46(66)56(36)55)52-43(63)33-23-29-14-16-31(57)25-38(29)70-48(33)68/h13-16,22-25,34-36,57H,3-12,17-21,26-27H2,1-2H3,(H,49,58)(H,50,64)(H,51,62)(H,52,63)(H,53,65)(H,60,61)/t34-,35-,36-/m0/s1. The van der Waals surface area contributed by atoms with Crippen LogP contribution in [0.15, 0.2) is 67.0 Å². The normalized spacial score (nSPS) is 16.2. The number of hydrogen-bond donors (Lipinski definition) is 7. The lowest BCUT2D eigenvalue weighted by molar-refractivity contribution is -0.176. The first-order valence-corrected chi connectivity index (χ1v) is 23.5. The van der Waals surface area contributed by atoms with Gasteiger partial charge in [-0.15, -0.1) is 0 Å². The number of hydrazine groups is 1. The van der Waals surface area contributed by atoms with Gasteiger partial charge in [0.2, 0.25) is 23.6 Å². The summed E-state index contributed by atoms with van der Waals surface area (Å²) in [4.78, 5) is 132. The van der Waals surface area contributed by atoms with Gasteiger partial charge in [-0.25, -0.2) is 14.6 Å². The van der Waals surface area contributed by atoms with Crippen molar-refractivity contribution in [2.24, 2.45) is 0 Å². The summed E-state index contributed by atoms with van der Waals surface area (Å²) in [6.45, 7) is 5.90. The van der Waals surface area contributed by atoms with Crippen LogP contribution in [-0.2, 0) is 28.8 Å². The summed E-state index contributed by atoms with van der Waals surface area (Å²) in [5.41, 5.74) is -1.20. The summed E-state index contributed by atoms with van der Waals surface area (Å²) in [5.74, 6) is -6.60. The monoisotopic (exact) mass is 970 g/mol. The summed E-state index contributed by atoms with van der Waals surface area (Å²) >= 11 is 0. The molecular weight excluding hydrogens is 913 g/mol. The van der Waals surface area contributed by atoms with Crippen molar-refractivity contribution in [1.29, 1.82) is 0 Å². The molecule has 2 fully saturated rings. The second-order valence-corrected chi connectivity index (χ2v) is 17.0. The predicted octanol–water partition coefficient (Wildman–Crippen LogP) is 2.04. The van der Waals surface area contributed by atoms with E-state index in [1.807, 2.05) is 19.9 Å². The van der Waals surface area contributed by atoms with Crippen LogP contribution in [0.25, 0.3) is 21.9 Å². The minimum Gasteiger partial charge on any atom is -0.508 e. The number of carboxylic acids is 1. The van der Waals surface area contributed by atoms with Gasteiger partial charge < -0.3 is 50.5 Å². The number of rotatable bonds is 22. The highest BCUT2D eigenvalue weighted by Crippen LogP contribution is 2.26. The minimum absolute atomic E-state index is 0.0286. The number of carbonyl (C=O) groups is 8. The second kappa shape index (κ2) is 24.0. The average Bonchev–Trinajstić information content (AvgIpc) is 3.45. The zero-order valence-corrected chi connectivity index (χ0v) is 39.0. The molecule has 2 saturated heterocycles. The quantitative estimate of drug-likeness (QED) is 0.0438. The topological polar surface area (TPSA) is 307 Å². The number of unbranched alkanes of at least 4 members (excludes halogenated alkanes) is 5. The van der Waals surface area contributed by atoms with E-state index in [9.17, 15) is 58.2 Å². The van der Waals surface area contributed by atoms with Crippen LogP contribution in [0.1, 0.15) is 105 Å². The summed E-state index contributed by atoms with van der Waals surface area (Å²) in [6.07, 6.45) is 3.57. The lowest BCUT2D eigenvalue weighted by Crippen LogP contribution is -2.65. The molecule has 2 aromatic carbocycles. The van der Waals surface area contributed by atoms with E-state index in [0.717, 1.165) is 48.1 Å². The van der Waals surface area contributed by atoms with Gasteiger partial charge in [0.1, 0.15) is 46.2 Å². The maximum atomic E-state index is 14.0. The zero-order chi connectivity index (χ0) is 50.5. The molecule has 2 aliphatic heterocycles. The van der Waals surface area contributed by atoms with Crippen molar-refractivity contribution in [2.45, 2.75) is 103 Å². The molecule has 0 unspecified atom stereocenters. The van der Waals surface area contributed by atoms with Crippen molar-refractivity contribution >= 4 is 74.9 Å². The molecule has 0 radical (unpaired) electrons. The molecule has 7 N–H and O–H groups in total. The number of carboxylic acid groups (broad SMARTS) is 1. The summed E-state index contributed by atoms with van der Waals surface area (Å²) in [7, 11) is 0. The molecule has 2 aliphatic rings. The number of aliphatic carboxylic acids is 1. The Balaban J connectivity index is 0.903. The number of amides is 7. The first kappa shape index (κ1) is 51.6. The van der Waals surface area contributed by atoms with Crippen LogP contribution in [-0.4, -0.2) is 125 Å². The van der Waals surface area contributed by atoms with E-state index in [-0.39, 0.29) is 55.8 Å². The second-order valence-electron chi connectivity index (χ2n) is 17.0. The molecule has 0 saturated carbocycles. The van der Waals surface area contributed by atoms with Crippen LogP contribution < -0.4 is 42.7 Å². The van der Waals surface area contributed by atoms with Crippen molar-refractivity contribution < 1.29 is 57.4 Å². The van der Waals surface area contributed by atoms with E-state index < -0.39 is 88.7 Å². The fraction of sp³-hybridized carbons (Fsp3) is 0.458. The Bertz CT molecular complexity index is 2750. The predicted molar refractivity (Wildman–Crippen MR) is 253 cm³/mol. The van der Waals surface area contributed by atoms with E-state index in [1.165, 1.54) is 30.3 Å². The molecule has 3 atom stereocenters. The molecule has 7 amide bonds. The van der Waals surface area contributed by atoms with Crippen LogP contribution in [0, 0.1) is 0 Å². The Hall–Kier alpha value is -7.78. The Morgan fingerprint density at radius 2 is 1.37 bits per heavy atom. The minimum atomic E-state index is -1.52. The number of anilines is 1. The lowest BCUT2D eigenvalue weighted by atomic mass is 10.0. The van der Waals surface area contributed by atoms with Gasteiger partial charge in [-0.05, 0) is 82.3 Å². The molecule has 0 aliphatic carbocycles. The molecule has 2 aromatic heterocycles. The number of phenols is 1. The van der Waals surface area contributed by atoms with Crippen molar-refractivity contribution in [2.75, 3.05) is 44.2 Å². The van der Waals surface area contributed by atoms with E-state index in [4.69, 9.17) is 8.83 Å². The van der Waals surface area contributed by atoms with Gasteiger partial charge >= 0.3 is 17.2 Å². The third kappa shape index (κ3) is 13.0. The molecule has 70 heavy (non-hydrogen) atoms. The van der Waals surface area contributed by atoms with E-state index in [1.54, 1.807) is 12.1 Å². The number of nitrogens with one attached hydrogen (secondary N) is 5. The molecule has 4 aromatic rings. The molecule has 6 rings (SSSR count). The SMILES string of the molecule is CCN(CC)c1ccc2cc(C(=O)NCC(=O)NCCCCCCCCNC(=O)[C@H](CC(=O)O)NC(=O)[C@@H]3CCCN4C(=O)CC[C@H](NC(=O)c5cc6ccc(O)cc6oc5=O)C(=O)N34)c(=O)oc2c1. The number of hydrogen-bond acceptors (Lipinski definition) is 14. The number of nitrogens with zero attached hydrogens (tertiary/aromatic N) is 3. The Kier molecular flexibility index (Phi) is 17.7. The maximum Gasteiger partial charge on any atom is 0.349 e. The first-order chi connectivity index (χ1) is 33.6. The van der Waals surface area contributed by atoms with Gasteiger partial charge in [0.05, 0.1) is 13.0 Å². The van der Waals surface area contributed by atoms with Gasteiger partial charge in [-0.1, -0.05) is 25.7 Å². The van der Waals surface area contributed by atoms with E-state index in [2.05, 4.69) is 31.5 Å². The first-order valence-electron chi connectivity index (χ1n) is 23.5. The molecule has 22 heteroatoms.